The van der Waals surface area contributed by atoms with Crippen molar-refractivity contribution in [3.63, 3.8) is 0 Å². The molecule has 22 heavy (non-hydrogen) atoms. The first-order valence-corrected chi connectivity index (χ1v) is 7.42. The molecule has 0 spiro atoms. The molecule has 0 aliphatic rings. The van der Waals surface area contributed by atoms with Crippen molar-refractivity contribution >= 4 is 29.0 Å². The molecule has 0 aliphatic carbocycles. The summed E-state index contributed by atoms with van der Waals surface area (Å²) in [5, 5.41) is 7.21. The molecule has 6 heteroatoms. The van der Waals surface area contributed by atoms with Crippen molar-refractivity contribution in [1.29, 1.82) is 0 Å². The van der Waals surface area contributed by atoms with E-state index in [0.29, 0.717) is 11.3 Å². The van der Waals surface area contributed by atoms with E-state index < -0.39 is 12.1 Å². The van der Waals surface area contributed by atoms with Gasteiger partial charge >= 0.3 is 6.03 Å². The van der Waals surface area contributed by atoms with E-state index in [9.17, 15) is 9.59 Å². The van der Waals surface area contributed by atoms with Crippen molar-refractivity contribution in [2.24, 2.45) is 5.73 Å². The fourth-order valence-corrected chi connectivity index (χ4v) is 2.75. The topological polar surface area (TPSA) is 84.2 Å². The maximum atomic E-state index is 12.1. The van der Waals surface area contributed by atoms with Gasteiger partial charge in [0.15, 0.2) is 0 Å². The first-order valence-electron chi connectivity index (χ1n) is 6.54. The fraction of sp³-hybridized carbons (Fsp3) is 0.125. The quantitative estimate of drug-likeness (QED) is 0.741. The van der Waals surface area contributed by atoms with E-state index in [1.165, 1.54) is 11.3 Å². The van der Waals surface area contributed by atoms with E-state index in [-0.39, 0.29) is 12.3 Å². The van der Waals surface area contributed by atoms with Crippen LogP contribution in [0, 0.1) is 12.3 Å². The van der Waals surface area contributed by atoms with Gasteiger partial charge in [-0.3, -0.25) is 4.79 Å². The van der Waals surface area contributed by atoms with Crippen molar-refractivity contribution in [3.05, 3.63) is 52.2 Å². The molecule has 0 saturated carbocycles. The Morgan fingerprint density at radius 2 is 2.14 bits per heavy atom. The lowest BCUT2D eigenvalue weighted by Crippen LogP contribution is -2.34. The SMILES string of the molecule is C#Cc1cccc(NC(=O)C[C@@H](NC(N)=O)c2cccs2)c1. The van der Waals surface area contributed by atoms with Crippen molar-refractivity contribution in [2.75, 3.05) is 5.32 Å². The molecule has 0 aliphatic heterocycles. The van der Waals surface area contributed by atoms with E-state index in [4.69, 9.17) is 12.2 Å². The number of terminal acetylenes is 1. The van der Waals surface area contributed by atoms with Gasteiger partial charge in [-0.05, 0) is 29.6 Å². The number of rotatable bonds is 5. The minimum Gasteiger partial charge on any atom is -0.352 e. The second kappa shape index (κ2) is 7.29. The largest absolute Gasteiger partial charge is 0.352 e. The second-order valence-corrected chi connectivity index (χ2v) is 5.53. The first-order chi connectivity index (χ1) is 10.6. The fourth-order valence-electron chi connectivity index (χ4n) is 1.97. The third-order valence-corrected chi connectivity index (χ3v) is 3.89. The molecule has 0 unspecified atom stereocenters. The zero-order chi connectivity index (χ0) is 15.9. The van der Waals surface area contributed by atoms with Gasteiger partial charge in [0, 0.05) is 16.1 Å². The Hall–Kier alpha value is -2.78. The molecule has 0 radical (unpaired) electrons. The number of nitrogens with one attached hydrogen (secondary N) is 2. The third kappa shape index (κ3) is 4.36. The van der Waals surface area contributed by atoms with Gasteiger partial charge in [0.25, 0.3) is 0 Å². The van der Waals surface area contributed by atoms with Gasteiger partial charge in [-0.25, -0.2) is 4.79 Å². The Morgan fingerprint density at radius 1 is 1.32 bits per heavy atom. The van der Waals surface area contributed by atoms with E-state index >= 15 is 0 Å². The summed E-state index contributed by atoms with van der Waals surface area (Å²) in [6, 6.07) is 9.58. The van der Waals surface area contributed by atoms with Crippen LogP contribution in [0.3, 0.4) is 0 Å². The van der Waals surface area contributed by atoms with Crippen LogP contribution < -0.4 is 16.4 Å². The molecular formula is C16H15N3O2S. The summed E-state index contributed by atoms with van der Waals surface area (Å²) in [5.41, 5.74) is 6.46. The van der Waals surface area contributed by atoms with Gasteiger partial charge in [-0.15, -0.1) is 17.8 Å². The molecule has 3 amide bonds. The second-order valence-electron chi connectivity index (χ2n) is 4.55. The van der Waals surface area contributed by atoms with Crippen LogP contribution in [0.1, 0.15) is 22.9 Å². The lowest BCUT2D eigenvalue weighted by molar-refractivity contribution is -0.116. The molecule has 1 aromatic carbocycles. The average Bonchev–Trinajstić information content (AvgIpc) is 3.00. The number of amides is 3. The summed E-state index contributed by atoms with van der Waals surface area (Å²) in [5.74, 6) is 2.27. The number of carbonyl (C=O) groups is 2. The molecule has 112 valence electrons. The summed E-state index contributed by atoms with van der Waals surface area (Å²) in [4.78, 5) is 24.1. The van der Waals surface area contributed by atoms with Gasteiger partial charge in [-0.1, -0.05) is 18.1 Å². The maximum absolute atomic E-state index is 12.1. The lowest BCUT2D eigenvalue weighted by Gasteiger charge is -2.16. The van der Waals surface area contributed by atoms with Crippen LogP contribution in [-0.4, -0.2) is 11.9 Å². The molecule has 2 rings (SSSR count). The molecule has 0 saturated heterocycles. The summed E-state index contributed by atoms with van der Waals surface area (Å²) >= 11 is 1.45. The number of hydrogen-bond donors (Lipinski definition) is 3. The highest BCUT2D eigenvalue weighted by atomic mass is 32.1. The molecule has 1 aromatic heterocycles. The number of thiophene rings is 1. The van der Waals surface area contributed by atoms with Gasteiger partial charge in [0.1, 0.15) is 0 Å². The monoisotopic (exact) mass is 313 g/mol. The maximum Gasteiger partial charge on any atom is 0.312 e. The Morgan fingerprint density at radius 3 is 2.77 bits per heavy atom. The zero-order valence-electron chi connectivity index (χ0n) is 11.7. The number of primary amides is 1. The van der Waals surface area contributed by atoms with Crippen molar-refractivity contribution in [1.82, 2.24) is 5.32 Å². The first kappa shape index (κ1) is 15.6. The summed E-state index contributed by atoms with van der Waals surface area (Å²) in [6.07, 6.45) is 5.41. The normalized spacial score (nSPS) is 11.2. The Balaban J connectivity index is 2.05. The van der Waals surface area contributed by atoms with E-state index in [0.717, 1.165) is 4.88 Å². The number of benzene rings is 1. The van der Waals surface area contributed by atoms with E-state index in [2.05, 4.69) is 16.6 Å². The molecule has 0 bridgehead atoms. The highest BCUT2D eigenvalue weighted by molar-refractivity contribution is 7.10. The number of carbonyl (C=O) groups excluding carboxylic acids is 2. The number of anilines is 1. The smallest absolute Gasteiger partial charge is 0.312 e. The predicted octanol–water partition coefficient (Wildman–Crippen LogP) is 2.47. The van der Waals surface area contributed by atoms with Crippen molar-refractivity contribution in [2.45, 2.75) is 12.5 Å². The molecular weight excluding hydrogens is 298 g/mol. The van der Waals surface area contributed by atoms with Gasteiger partial charge in [-0.2, -0.15) is 0 Å². The van der Waals surface area contributed by atoms with Crippen LogP contribution in [0.25, 0.3) is 0 Å². The standard InChI is InChI=1S/C16H15N3O2S/c1-2-11-5-3-6-12(9-11)18-15(20)10-13(19-16(17)21)14-7-4-8-22-14/h1,3-9,13H,10H2,(H,18,20)(H3,17,19,21)/t13-/m1/s1. The molecule has 2 aromatic rings. The number of urea groups is 1. The molecule has 0 fully saturated rings. The third-order valence-electron chi connectivity index (χ3n) is 2.91. The van der Waals surface area contributed by atoms with E-state index in [1.807, 2.05) is 17.5 Å². The number of nitrogens with two attached hydrogens (primary N) is 1. The van der Waals surface area contributed by atoms with Crippen LogP contribution in [0.5, 0.6) is 0 Å². The Bertz CT molecular complexity index is 704. The number of hydrogen-bond acceptors (Lipinski definition) is 3. The summed E-state index contributed by atoms with van der Waals surface area (Å²) < 4.78 is 0. The molecule has 5 nitrogen and oxygen atoms in total. The molecule has 4 N–H and O–H groups in total. The Labute approximate surface area is 132 Å². The average molecular weight is 313 g/mol. The van der Waals surface area contributed by atoms with Gasteiger partial charge in [0.05, 0.1) is 12.5 Å². The highest BCUT2D eigenvalue weighted by Crippen LogP contribution is 2.22. The van der Waals surface area contributed by atoms with Crippen molar-refractivity contribution < 1.29 is 9.59 Å². The van der Waals surface area contributed by atoms with Crippen LogP contribution in [0.2, 0.25) is 0 Å². The van der Waals surface area contributed by atoms with Crippen LogP contribution >= 0.6 is 11.3 Å². The van der Waals surface area contributed by atoms with Crippen LogP contribution in [-0.2, 0) is 4.79 Å². The lowest BCUT2D eigenvalue weighted by atomic mass is 10.1. The van der Waals surface area contributed by atoms with Crippen LogP contribution in [0.4, 0.5) is 10.5 Å². The van der Waals surface area contributed by atoms with Crippen LogP contribution in [0.15, 0.2) is 41.8 Å². The van der Waals surface area contributed by atoms with E-state index in [1.54, 1.807) is 24.3 Å². The Kier molecular flexibility index (Phi) is 5.17. The predicted molar refractivity (Wildman–Crippen MR) is 87.4 cm³/mol. The zero-order valence-corrected chi connectivity index (χ0v) is 12.5. The minimum absolute atomic E-state index is 0.0870. The van der Waals surface area contributed by atoms with Gasteiger partial charge in [0.2, 0.25) is 5.91 Å². The summed E-state index contributed by atoms with van der Waals surface area (Å²) in [6.45, 7) is 0. The highest BCUT2D eigenvalue weighted by Gasteiger charge is 2.18. The summed E-state index contributed by atoms with van der Waals surface area (Å²) in [7, 11) is 0. The molecule has 1 atom stereocenters. The minimum atomic E-state index is -0.666. The van der Waals surface area contributed by atoms with Gasteiger partial charge < -0.3 is 16.4 Å². The van der Waals surface area contributed by atoms with Crippen molar-refractivity contribution in [3.8, 4) is 12.3 Å². The molecule has 1 heterocycles.